The van der Waals surface area contributed by atoms with Gasteiger partial charge in [-0.2, -0.15) is 0 Å². The highest BCUT2D eigenvalue weighted by Gasteiger charge is 2.16. The van der Waals surface area contributed by atoms with E-state index in [0.717, 1.165) is 18.7 Å². The second-order valence-electron chi connectivity index (χ2n) is 4.53. The fraction of sp³-hybridized carbons (Fsp3) is 0.467. The Morgan fingerprint density at radius 2 is 1.81 bits per heavy atom. The molecule has 3 amide bonds. The third-order valence-corrected chi connectivity index (χ3v) is 2.76. The van der Waals surface area contributed by atoms with Gasteiger partial charge in [0.05, 0.1) is 0 Å². The van der Waals surface area contributed by atoms with Crippen LogP contribution in [0.3, 0.4) is 0 Å². The Kier molecular flexibility index (Phi) is 7.25. The van der Waals surface area contributed by atoms with Gasteiger partial charge >= 0.3 is 6.03 Å². The lowest BCUT2D eigenvalue weighted by Crippen LogP contribution is -2.45. The zero-order valence-corrected chi connectivity index (χ0v) is 12.7. The first-order valence-electron chi connectivity index (χ1n) is 7.11. The summed E-state index contributed by atoms with van der Waals surface area (Å²) in [5, 5.41) is 7.93. The molecule has 0 fully saturated rings. The van der Waals surface area contributed by atoms with Crippen molar-refractivity contribution in [3.63, 3.8) is 0 Å². The third-order valence-electron chi connectivity index (χ3n) is 2.76. The van der Waals surface area contributed by atoms with Gasteiger partial charge in [-0.3, -0.25) is 10.1 Å². The van der Waals surface area contributed by atoms with E-state index in [1.54, 1.807) is 13.8 Å². The van der Waals surface area contributed by atoms with Crippen LogP contribution in [0.4, 0.5) is 4.79 Å². The second kappa shape index (κ2) is 8.97. The van der Waals surface area contributed by atoms with Crippen LogP contribution in [0.2, 0.25) is 0 Å². The van der Waals surface area contributed by atoms with Crippen molar-refractivity contribution in [2.24, 2.45) is 0 Å². The predicted octanol–water partition coefficient (Wildman–Crippen LogP) is 1.41. The normalized spacial score (nSPS) is 11.6. The summed E-state index contributed by atoms with van der Waals surface area (Å²) in [6, 6.07) is 6.98. The summed E-state index contributed by atoms with van der Waals surface area (Å²) in [6.07, 6.45) is -0.743. The first-order valence-corrected chi connectivity index (χ1v) is 7.11. The molecule has 0 aliphatic heterocycles. The molecular weight excluding hydrogens is 270 g/mol. The standard InChI is InChI=1S/C15H23N3O3/c1-4-16-10-12-6-8-13(9-7-12)21-11(3)14(19)18-15(20)17-5-2/h6-9,11,16H,4-5,10H2,1-3H3,(H2,17,18,19,20). The lowest BCUT2D eigenvalue weighted by molar-refractivity contribution is -0.126. The first kappa shape index (κ1) is 17.0. The van der Waals surface area contributed by atoms with Crippen LogP contribution in [0.25, 0.3) is 0 Å². The minimum atomic E-state index is -0.743. The van der Waals surface area contributed by atoms with Crippen LogP contribution in [0.15, 0.2) is 24.3 Å². The van der Waals surface area contributed by atoms with Crippen LogP contribution in [-0.4, -0.2) is 31.1 Å². The number of amides is 3. The van der Waals surface area contributed by atoms with Gasteiger partial charge in [-0.25, -0.2) is 4.79 Å². The fourth-order valence-electron chi connectivity index (χ4n) is 1.63. The van der Waals surface area contributed by atoms with Crippen molar-refractivity contribution in [3.8, 4) is 5.75 Å². The number of hydrogen-bond acceptors (Lipinski definition) is 4. The Bertz CT molecular complexity index is 460. The van der Waals surface area contributed by atoms with Crippen molar-refractivity contribution >= 4 is 11.9 Å². The number of urea groups is 1. The van der Waals surface area contributed by atoms with E-state index in [1.165, 1.54) is 0 Å². The number of ether oxygens (including phenoxy) is 1. The molecule has 6 heteroatoms. The molecule has 0 aliphatic carbocycles. The van der Waals surface area contributed by atoms with E-state index in [1.807, 2.05) is 31.2 Å². The average Bonchev–Trinajstić information content (AvgIpc) is 2.46. The van der Waals surface area contributed by atoms with Crippen LogP contribution in [0.5, 0.6) is 5.75 Å². The number of rotatable bonds is 7. The highest BCUT2D eigenvalue weighted by atomic mass is 16.5. The number of hydrogen-bond donors (Lipinski definition) is 3. The summed E-state index contributed by atoms with van der Waals surface area (Å²) in [5.41, 5.74) is 1.14. The van der Waals surface area contributed by atoms with Crippen LogP contribution >= 0.6 is 0 Å². The number of carbonyl (C=O) groups is 2. The van der Waals surface area contributed by atoms with Crippen molar-refractivity contribution in [2.75, 3.05) is 13.1 Å². The van der Waals surface area contributed by atoms with E-state index in [-0.39, 0.29) is 0 Å². The lowest BCUT2D eigenvalue weighted by Gasteiger charge is -2.14. The SMILES string of the molecule is CCNCc1ccc(OC(C)C(=O)NC(=O)NCC)cc1. The van der Waals surface area contributed by atoms with Crippen molar-refractivity contribution < 1.29 is 14.3 Å². The molecule has 6 nitrogen and oxygen atoms in total. The molecule has 1 aromatic rings. The lowest BCUT2D eigenvalue weighted by atomic mass is 10.2. The van der Waals surface area contributed by atoms with Crippen molar-refractivity contribution in [2.45, 2.75) is 33.4 Å². The van der Waals surface area contributed by atoms with E-state index in [9.17, 15) is 9.59 Å². The fourth-order valence-corrected chi connectivity index (χ4v) is 1.63. The molecule has 0 heterocycles. The summed E-state index contributed by atoms with van der Waals surface area (Å²) in [7, 11) is 0. The maximum Gasteiger partial charge on any atom is 0.321 e. The Hall–Kier alpha value is -2.08. The minimum absolute atomic E-state index is 0.460. The highest BCUT2D eigenvalue weighted by molar-refractivity contribution is 5.96. The zero-order chi connectivity index (χ0) is 15.7. The molecule has 0 saturated heterocycles. The van der Waals surface area contributed by atoms with E-state index in [0.29, 0.717) is 12.3 Å². The molecule has 1 rings (SSSR count). The van der Waals surface area contributed by atoms with Crippen molar-refractivity contribution in [1.82, 2.24) is 16.0 Å². The van der Waals surface area contributed by atoms with Crippen molar-refractivity contribution in [1.29, 1.82) is 0 Å². The molecule has 3 N–H and O–H groups in total. The largest absolute Gasteiger partial charge is 0.481 e. The molecule has 1 atom stereocenters. The van der Waals surface area contributed by atoms with Gasteiger partial charge in [0.2, 0.25) is 0 Å². The Balaban J connectivity index is 2.48. The molecule has 1 unspecified atom stereocenters. The molecule has 0 spiro atoms. The summed E-state index contributed by atoms with van der Waals surface area (Å²) >= 11 is 0. The smallest absolute Gasteiger partial charge is 0.321 e. The monoisotopic (exact) mass is 293 g/mol. The molecule has 0 radical (unpaired) electrons. The maximum absolute atomic E-state index is 11.7. The number of carbonyl (C=O) groups excluding carboxylic acids is 2. The van der Waals surface area contributed by atoms with E-state index < -0.39 is 18.0 Å². The molecule has 0 bridgehead atoms. The molecular formula is C15H23N3O3. The summed E-state index contributed by atoms with van der Waals surface area (Å²) in [5.74, 6) is 0.117. The van der Waals surface area contributed by atoms with Gasteiger partial charge in [0.15, 0.2) is 6.10 Å². The predicted molar refractivity (Wildman–Crippen MR) is 81.1 cm³/mol. The average molecular weight is 293 g/mol. The number of imide groups is 1. The van der Waals surface area contributed by atoms with Gasteiger partial charge in [0.1, 0.15) is 5.75 Å². The summed E-state index contributed by atoms with van der Waals surface area (Å²) in [6.45, 7) is 7.59. The minimum Gasteiger partial charge on any atom is -0.481 e. The number of nitrogens with one attached hydrogen (secondary N) is 3. The van der Waals surface area contributed by atoms with E-state index in [2.05, 4.69) is 16.0 Å². The van der Waals surface area contributed by atoms with Gasteiger partial charge < -0.3 is 15.4 Å². The highest BCUT2D eigenvalue weighted by Crippen LogP contribution is 2.14. The Morgan fingerprint density at radius 3 is 2.38 bits per heavy atom. The topological polar surface area (TPSA) is 79.5 Å². The molecule has 116 valence electrons. The quantitative estimate of drug-likeness (QED) is 0.710. The molecule has 0 aromatic heterocycles. The van der Waals surface area contributed by atoms with Gasteiger partial charge in [-0.1, -0.05) is 19.1 Å². The van der Waals surface area contributed by atoms with E-state index in [4.69, 9.17) is 4.74 Å². The number of benzene rings is 1. The maximum atomic E-state index is 11.7. The Labute approximate surface area is 125 Å². The molecule has 1 aromatic carbocycles. The van der Waals surface area contributed by atoms with Crippen LogP contribution < -0.4 is 20.7 Å². The van der Waals surface area contributed by atoms with Gasteiger partial charge in [-0.15, -0.1) is 0 Å². The molecule has 0 saturated carbocycles. The zero-order valence-electron chi connectivity index (χ0n) is 12.7. The Morgan fingerprint density at radius 1 is 1.14 bits per heavy atom. The van der Waals surface area contributed by atoms with E-state index >= 15 is 0 Å². The second-order valence-corrected chi connectivity index (χ2v) is 4.53. The molecule has 21 heavy (non-hydrogen) atoms. The van der Waals surface area contributed by atoms with Gasteiger partial charge in [0.25, 0.3) is 5.91 Å². The summed E-state index contributed by atoms with van der Waals surface area (Å²) < 4.78 is 5.50. The van der Waals surface area contributed by atoms with Crippen LogP contribution in [-0.2, 0) is 11.3 Å². The third kappa shape index (κ3) is 6.27. The summed E-state index contributed by atoms with van der Waals surface area (Å²) in [4.78, 5) is 23.0. The van der Waals surface area contributed by atoms with Crippen LogP contribution in [0, 0.1) is 0 Å². The van der Waals surface area contributed by atoms with Gasteiger partial charge in [-0.05, 0) is 38.1 Å². The van der Waals surface area contributed by atoms with Crippen LogP contribution in [0.1, 0.15) is 26.3 Å². The first-order chi connectivity index (χ1) is 10.1. The van der Waals surface area contributed by atoms with Gasteiger partial charge in [0, 0.05) is 13.1 Å². The van der Waals surface area contributed by atoms with Crippen molar-refractivity contribution in [3.05, 3.63) is 29.8 Å². The molecule has 0 aliphatic rings.